The van der Waals surface area contributed by atoms with Crippen molar-refractivity contribution < 1.29 is 13.5 Å². The predicted molar refractivity (Wildman–Crippen MR) is 58.4 cm³/mol. The van der Waals surface area contributed by atoms with Gasteiger partial charge in [0.25, 0.3) is 0 Å². The summed E-state index contributed by atoms with van der Waals surface area (Å²) in [5, 5.41) is 0. The molecule has 4 heteroatoms. The van der Waals surface area contributed by atoms with Gasteiger partial charge in [0.2, 0.25) is 0 Å². The van der Waals surface area contributed by atoms with E-state index >= 15 is 0 Å². The molecule has 0 spiro atoms. The highest BCUT2D eigenvalue weighted by Crippen LogP contribution is 2.16. The van der Waals surface area contributed by atoms with Crippen LogP contribution in [0.4, 0.5) is 8.78 Å². The van der Waals surface area contributed by atoms with E-state index in [1.807, 2.05) is 0 Å². The van der Waals surface area contributed by atoms with Crippen molar-refractivity contribution in [2.24, 2.45) is 5.73 Å². The van der Waals surface area contributed by atoms with Gasteiger partial charge in [-0.3, -0.25) is 4.39 Å². The molecule has 0 unspecified atom stereocenters. The van der Waals surface area contributed by atoms with E-state index < -0.39 is 12.5 Å². The minimum absolute atomic E-state index is 0.217. The van der Waals surface area contributed by atoms with Gasteiger partial charge in [0.05, 0.1) is 19.8 Å². The first kappa shape index (κ1) is 12.5. The number of hydrogen-bond donors (Lipinski definition) is 1. The van der Waals surface area contributed by atoms with E-state index in [0.717, 1.165) is 0 Å². The van der Waals surface area contributed by atoms with Crippen molar-refractivity contribution in [1.29, 1.82) is 0 Å². The SMILES string of the molecule is NCC#Cc1cc(F)cc(OCCCF)c1. The van der Waals surface area contributed by atoms with E-state index in [2.05, 4.69) is 11.8 Å². The van der Waals surface area contributed by atoms with Crippen LogP contribution in [0.5, 0.6) is 5.75 Å². The molecule has 0 bridgehead atoms. The Morgan fingerprint density at radius 1 is 1.31 bits per heavy atom. The van der Waals surface area contributed by atoms with Gasteiger partial charge < -0.3 is 10.5 Å². The van der Waals surface area contributed by atoms with Crippen molar-refractivity contribution in [3.8, 4) is 17.6 Å². The zero-order valence-corrected chi connectivity index (χ0v) is 8.80. The third-order valence-corrected chi connectivity index (χ3v) is 1.75. The Morgan fingerprint density at radius 3 is 2.81 bits per heavy atom. The van der Waals surface area contributed by atoms with Crippen LogP contribution in [0.1, 0.15) is 12.0 Å². The zero-order chi connectivity index (χ0) is 11.8. The molecule has 0 amide bonds. The summed E-state index contributed by atoms with van der Waals surface area (Å²) in [6.45, 7) is -0.00653. The molecule has 2 nitrogen and oxygen atoms in total. The van der Waals surface area contributed by atoms with Crippen LogP contribution < -0.4 is 10.5 Å². The average molecular weight is 225 g/mol. The van der Waals surface area contributed by atoms with Crippen molar-refractivity contribution in [3.63, 3.8) is 0 Å². The zero-order valence-electron chi connectivity index (χ0n) is 8.80. The van der Waals surface area contributed by atoms with Gasteiger partial charge in [-0.25, -0.2) is 4.39 Å². The van der Waals surface area contributed by atoms with Gasteiger partial charge in [-0.2, -0.15) is 0 Å². The van der Waals surface area contributed by atoms with E-state index in [-0.39, 0.29) is 13.2 Å². The Balaban J connectivity index is 2.73. The quantitative estimate of drug-likeness (QED) is 0.627. The minimum atomic E-state index is -0.449. The van der Waals surface area contributed by atoms with E-state index in [4.69, 9.17) is 10.5 Å². The lowest BCUT2D eigenvalue weighted by Crippen LogP contribution is -1.99. The largest absolute Gasteiger partial charge is 0.493 e. The van der Waals surface area contributed by atoms with Crippen molar-refractivity contribution in [2.45, 2.75) is 6.42 Å². The molecule has 0 aliphatic heterocycles. The fourth-order valence-electron chi connectivity index (χ4n) is 1.12. The summed E-state index contributed by atoms with van der Waals surface area (Å²) in [5.41, 5.74) is 5.71. The van der Waals surface area contributed by atoms with Crippen LogP contribution in [0.3, 0.4) is 0 Å². The molecule has 1 aromatic rings. The van der Waals surface area contributed by atoms with Crippen LogP contribution in [-0.2, 0) is 0 Å². The maximum Gasteiger partial charge on any atom is 0.128 e. The molecule has 86 valence electrons. The van der Waals surface area contributed by atoms with Gasteiger partial charge >= 0.3 is 0 Å². The van der Waals surface area contributed by atoms with Crippen LogP contribution in [0.2, 0.25) is 0 Å². The second-order valence-corrected chi connectivity index (χ2v) is 3.07. The van der Waals surface area contributed by atoms with Gasteiger partial charge in [0.1, 0.15) is 11.6 Å². The lowest BCUT2D eigenvalue weighted by atomic mass is 10.2. The lowest BCUT2D eigenvalue weighted by Gasteiger charge is -2.05. The first-order valence-electron chi connectivity index (χ1n) is 4.94. The molecular weight excluding hydrogens is 212 g/mol. The molecule has 0 aromatic heterocycles. The lowest BCUT2D eigenvalue weighted by molar-refractivity contribution is 0.288. The van der Waals surface area contributed by atoms with Gasteiger partial charge in [-0.15, -0.1) is 0 Å². The smallest absolute Gasteiger partial charge is 0.128 e. The third kappa shape index (κ3) is 4.28. The first-order chi connectivity index (χ1) is 7.76. The second-order valence-electron chi connectivity index (χ2n) is 3.07. The summed E-state index contributed by atoms with van der Waals surface area (Å²) in [5.74, 6) is 5.25. The molecule has 0 saturated heterocycles. The number of ether oxygens (including phenoxy) is 1. The summed E-state index contributed by atoms with van der Waals surface area (Å²) in [6.07, 6.45) is 0.292. The topological polar surface area (TPSA) is 35.2 Å². The van der Waals surface area contributed by atoms with E-state index in [1.54, 1.807) is 6.07 Å². The monoisotopic (exact) mass is 225 g/mol. The highest BCUT2D eigenvalue weighted by molar-refractivity contribution is 5.40. The first-order valence-corrected chi connectivity index (χ1v) is 4.94. The fraction of sp³-hybridized carbons (Fsp3) is 0.333. The van der Waals surface area contributed by atoms with Crippen molar-refractivity contribution in [3.05, 3.63) is 29.6 Å². The molecule has 16 heavy (non-hydrogen) atoms. The Kier molecular flexibility index (Phi) is 5.30. The highest BCUT2D eigenvalue weighted by atomic mass is 19.1. The average Bonchev–Trinajstić information content (AvgIpc) is 2.26. The normalized spacial score (nSPS) is 9.44. The molecular formula is C12H13F2NO. The van der Waals surface area contributed by atoms with Gasteiger partial charge in [0, 0.05) is 18.1 Å². The second kappa shape index (κ2) is 6.81. The fourth-order valence-corrected chi connectivity index (χ4v) is 1.12. The summed E-state index contributed by atoms with van der Waals surface area (Å²) >= 11 is 0. The van der Waals surface area contributed by atoms with Gasteiger partial charge in [0.15, 0.2) is 0 Å². The molecule has 0 radical (unpaired) electrons. The Bertz CT molecular complexity index is 396. The summed E-state index contributed by atoms with van der Waals surface area (Å²) < 4.78 is 30.1. The molecule has 2 N–H and O–H groups in total. The molecule has 0 heterocycles. The van der Waals surface area contributed by atoms with Crippen LogP contribution in [0, 0.1) is 17.7 Å². The number of alkyl halides is 1. The molecule has 1 aromatic carbocycles. The van der Waals surface area contributed by atoms with Crippen molar-refractivity contribution >= 4 is 0 Å². The Labute approximate surface area is 93.4 Å². The van der Waals surface area contributed by atoms with Crippen molar-refractivity contribution in [1.82, 2.24) is 0 Å². The minimum Gasteiger partial charge on any atom is -0.493 e. The van der Waals surface area contributed by atoms with Gasteiger partial charge in [-0.1, -0.05) is 11.8 Å². The van der Waals surface area contributed by atoms with Gasteiger partial charge in [-0.05, 0) is 12.1 Å². The van der Waals surface area contributed by atoms with Crippen LogP contribution in [0.25, 0.3) is 0 Å². The van der Waals surface area contributed by atoms with E-state index in [0.29, 0.717) is 17.7 Å². The molecule has 0 saturated carbocycles. The molecule has 1 rings (SSSR count). The number of benzene rings is 1. The van der Waals surface area contributed by atoms with Crippen LogP contribution >= 0.6 is 0 Å². The molecule has 0 fully saturated rings. The standard InChI is InChI=1S/C12H13F2NO/c13-4-2-6-16-12-8-10(3-1-5-15)7-11(14)9-12/h7-9H,2,4-6,15H2. The summed E-state index contributed by atoms with van der Waals surface area (Å²) in [6, 6.07) is 4.14. The molecule has 0 atom stereocenters. The Morgan fingerprint density at radius 2 is 2.12 bits per heavy atom. The van der Waals surface area contributed by atoms with E-state index in [1.165, 1.54) is 12.1 Å². The summed E-state index contributed by atoms with van der Waals surface area (Å²) in [7, 11) is 0. The van der Waals surface area contributed by atoms with E-state index in [9.17, 15) is 8.78 Å². The molecule has 0 aliphatic rings. The third-order valence-electron chi connectivity index (χ3n) is 1.75. The maximum absolute atomic E-state index is 13.1. The maximum atomic E-state index is 13.1. The predicted octanol–water partition coefficient (Wildman–Crippen LogP) is 1.87. The number of rotatable bonds is 4. The molecule has 0 aliphatic carbocycles. The van der Waals surface area contributed by atoms with Crippen LogP contribution in [-0.4, -0.2) is 19.8 Å². The number of nitrogens with two attached hydrogens (primary N) is 1. The number of halogens is 2. The highest BCUT2D eigenvalue weighted by Gasteiger charge is 2.00. The summed E-state index contributed by atoms with van der Waals surface area (Å²) in [4.78, 5) is 0. The number of hydrogen-bond acceptors (Lipinski definition) is 2. The van der Waals surface area contributed by atoms with Crippen LogP contribution in [0.15, 0.2) is 18.2 Å². The Hall–Kier alpha value is -1.60. The van der Waals surface area contributed by atoms with Crippen molar-refractivity contribution in [2.75, 3.05) is 19.8 Å².